The monoisotopic (exact) mass is 281 g/mol. The standard InChI is InChI=1S/C12H18F3NO3/c1-10(2,3)19-9(17)16-6-4-11(5-7-16)8(18-11)12(13,14)15/h8H,4-7H2,1-3H3. The number of ether oxygens (including phenoxy) is 2. The minimum absolute atomic E-state index is 0.205. The summed E-state index contributed by atoms with van der Waals surface area (Å²) in [6.07, 6.45) is -6.05. The number of rotatable bonds is 0. The van der Waals surface area contributed by atoms with E-state index in [0.29, 0.717) is 0 Å². The molecule has 2 rings (SSSR count). The molecule has 1 unspecified atom stereocenters. The summed E-state index contributed by atoms with van der Waals surface area (Å²) in [4.78, 5) is 13.2. The SMILES string of the molecule is CC(C)(C)OC(=O)N1CCC2(CC1)OC2C(F)(F)F. The van der Waals surface area contributed by atoms with Gasteiger partial charge in [-0.1, -0.05) is 0 Å². The number of amides is 1. The highest BCUT2D eigenvalue weighted by Crippen LogP contribution is 2.52. The van der Waals surface area contributed by atoms with E-state index in [1.165, 1.54) is 4.90 Å². The quantitative estimate of drug-likeness (QED) is 0.641. The number of halogens is 3. The summed E-state index contributed by atoms with van der Waals surface area (Å²) >= 11 is 0. The van der Waals surface area contributed by atoms with Gasteiger partial charge in [0.05, 0.1) is 0 Å². The molecule has 1 amide bonds. The number of nitrogens with zero attached hydrogens (tertiary/aromatic N) is 1. The van der Waals surface area contributed by atoms with Crippen LogP contribution in [0.5, 0.6) is 0 Å². The molecule has 0 N–H and O–H groups in total. The van der Waals surface area contributed by atoms with Crippen LogP contribution in [0.3, 0.4) is 0 Å². The summed E-state index contributed by atoms with van der Waals surface area (Å²) < 4.78 is 47.6. The Balaban J connectivity index is 1.86. The van der Waals surface area contributed by atoms with Gasteiger partial charge in [-0.05, 0) is 33.6 Å². The summed E-state index contributed by atoms with van der Waals surface area (Å²) in [5.41, 5.74) is -1.70. The number of hydrogen-bond donors (Lipinski definition) is 0. The van der Waals surface area contributed by atoms with E-state index in [4.69, 9.17) is 9.47 Å². The van der Waals surface area contributed by atoms with Crippen molar-refractivity contribution in [3.05, 3.63) is 0 Å². The molecule has 1 atom stereocenters. The Morgan fingerprint density at radius 2 is 1.79 bits per heavy atom. The number of hydrogen-bond acceptors (Lipinski definition) is 3. The summed E-state index contributed by atoms with van der Waals surface area (Å²) in [6, 6.07) is 0. The number of likely N-dealkylation sites (tertiary alicyclic amines) is 1. The molecule has 2 saturated heterocycles. The molecule has 2 heterocycles. The van der Waals surface area contributed by atoms with E-state index in [2.05, 4.69) is 0 Å². The van der Waals surface area contributed by atoms with Crippen LogP contribution in [-0.4, -0.2) is 47.6 Å². The predicted octanol–water partition coefficient (Wildman–Crippen LogP) is 2.72. The van der Waals surface area contributed by atoms with E-state index >= 15 is 0 Å². The molecule has 0 radical (unpaired) electrons. The first-order valence-corrected chi connectivity index (χ1v) is 6.26. The van der Waals surface area contributed by atoms with Gasteiger partial charge in [-0.15, -0.1) is 0 Å². The Labute approximate surface area is 109 Å². The van der Waals surface area contributed by atoms with E-state index in [9.17, 15) is 18.0 Å². The topological polar surface area (TPSA) is 42.1 Å². The van der Waals surface area contributed by atoms with Gasteiger partial charge in [0.2, 0.25) is 0 Å². The molecule has 110 valence electrons. The van der Waals surface area contributed by atoms with Crippen molar-refractivity contribution in [1.82, 2.24) is 4.90 Å². The maximum atomic E-state index is 12.5. The van der Waals surface area contributed by atoms with Crippen LogP contribution in [0.15, 0.2) is 0 Å². The molecule has 0 aromatic heterocycles. The molecule has 7 heteroatoms. The second-order valence-corrected chi connectivity index (χ2v) is 6.07. The number of carbonyl (C=O) groups excluding carboxylic acids is 1. The largest absolute Gasteiger partial charge is 0.444 e. The highest BCUT2D eigenvalue weighted by molar-refractivity contribution is 5.68. The van der Waals surface area contributed by atoms with Crippen LogP contribution in [0.4, 0.5) is 18.0 Å². The molecule has 0 aliphatic carbocycles. The zero-order chi connectivity index (χ0) is 14.5. The minimum Gasteiger partial charge on any atom is -0.444 e. The van der Waals surface area contributed by atoms with Crippen LogP contribution in [-0.2, 0) is 9.47 Å². The lowest BCUT2D eigenvalue weighted by Crippen LogP contribution is -2.45. The van der Waals surface area contributed by atoms with Crippen molar-refractivity contribution in [1.29, 1.82) is 0 Å². The Morgan fingerprint density at radius 3 is 2.16 bits per heavy atom. The van der Waals surface area contributed by atoms with Gasteiger partial charge in [0.1, 0.15) is 11.2 Å². The van der Waals surface area contributed by atoms with Gasteiger partial charge in [-0.2, -0.15) is 13.2 Å². The second-order valence-electron chi connectivity index (χ2n) is 6.07. The number of epoxide rings is 1. The van der Waals surface area contributed by atoms with Gasteiger partial charge in [-0.3, -0.25) is 0 Å². The van der Waals surface area contributed by atoms with Crippen molar-refractivity contribution in [3.63, 3.8) is 0 Å². The van der Waals surface area contributed by atoms with E-state index in [0.717, 1.165) is 0 Å². The third kappa shape index (κ3) is 3.13. The molecule has 0 saturated carbocycles. The molecular weight excluding hydrogens is 263 g/mol. The lowest BCUT2D eigenvalue weighted by atomic mass is 9.93. The third-order valence-electron chi connectivity index (χ3n) is 3.33. The fourth-order valence-electron chi connectivity index (χ4n) is 2.34. The van der Waals surface area contributed by atoms with Crippen molar-refractivity contribution < 1.29 is 27.4 Å². The third-order valence-corrected chi connectivity index (χ3v) is 3.33. The summed E-state index contributed by atoms with van der Waals surface area (Å²) in [5.74, 6) is 0. The first kappa shape index (κ1) is 14.4. The molecule has 1 spiro atoms. The lowest BCUT2D eigenvalue weighted by molar-refractivity contribution is -0.147. The zero-order valence-corrected chi connectivity index (χ0v) is 11.2. The minimum atomic E-state index is -4.31. The van der Waals surface area contributed by atoms with Gasteiger partial charge in [0, 0.05) is 13.1 Å². The van der Waals surface area contributed by atoms with Crippen molar-refractivity contribution in [2.75, 3.05) is 13.1 Å². The van der Waals surface area contributed by atoms with Crippen LogP contribution in [0.25, 0.3) is 0 Å². The average molecular weight is 281 g/mol. The normalized spacial score (nSPS) is 26.4. The van der Waals surface area contributed by atoms with Gasteiger partial charge in [-0.25, -0.2) is 4.79 Å². The molecule has 19 heavy (non-hydrogen) atoms. The maximum Gasteiger partial charge on any atom is 0.417 e. The molecule has 0 aromatic carbocycles. The second kappa shape index (κ2) is 4.26. The number of piperidine rings is 1. The Kier molecular flexibility index (Phi) is 3.24. The van der Waals surface area contributed by atoms with Crippen LogP contribution in [0.1, 0.15) is 33.6 Å². The Hall–Kier alpha value is -0.980. The Bertz CT molecular complexity index is 367. The Morgan fingerprint density at radius 1 is 1.26 bits per heavy atom. The number of alkyl halides is 3. The zero-order valence-electron chi connectivity index (χ0n) is 11.2. The molecule has 2 aliphatic heterocycles. The lowest BCUT2D eigenvalue weighted by Gasteiger charge is -2.32. The van der Waals surface area contributed by atoms with Crippen molar-refractivity contribution in [2.24, 2.45) is 0 Å². The first-order chi connectivity index (χ1) is 8.54. The van der Waals surface area contributed by atoms with Crippen LogP contribution < -0.4 is 0 Å². The highest BCUT2D eigenvalue weighted by Gasteiger charge is 2.69. The molecule has 2 fully saturated rings. The smallest absolute Gasteiger partial charge is 0.417 e. The fraction of sp³-hybridized carbons (Fsp3) is 0.917. The average Bonchev–Trinajstić information content (AvgIpc) is 2.90. The van der Waals surface area contributed by atoms with Gasteiger partial charge < -0.3 is 14.4 Å². The summed E-state index contributed by atoms with van der Waals surface area (Å²) in [5, 5.41) is 0. The molecular formula is C12H18F3NO3. The van der Waals surface area contributed by atoms with E-state index in [1.807, 2.05) is 0 Å². The van der Waals surface area contributed by atoms with Crippen molar-refractivity contribution in [3.8, 4) is 0 Å². The van der Waals surface area contributed by atoms with Crippen molar-refractivity contribution in [2.45, 2.75) is 57.1 Å². The molecule has 0 bridgehead atoms. The first-order valence-electron chi connectivity index (χ1n) is 6.26. The predicted molar refractivity (Wildman–Crippen MR) is 60.7 cm³/mol. The van der Waals surface area contributed by atoms with E-state index in [1.54, 1.807) is 20.8 Å². The molecule has 4 nitrogen and oxygen atoms in total. The van der Waals surface area contributed by atoms with Crippen LogP contribution in [0, 0.1) is 0 Å². The van der Waals surface area contributed by atoms with Crippen LogP contribution in [0.2, 0.25) is 0 Å². The van der Waals surface area contributed by atoms with E-state index < -0.39 is 29.6 Å². The van der Waals surface area contributed by atoms with Gasteiger partial charge in [0.25, 0.3) is 0 Å². The molecule has 2 aliphatic rings. The van der Waals surface area contributed by atoms with Crippen LogP contribution >= 0.6 is 0 Å². The van der Waals surface area contributed by atoms with Gasteiger partial charge >= 0.3 is 12.3 Å². The fourth-order valence-corrected chi connectivity index (χ4v) is 2.34. The summed E-state index contributed by atoms with van der Waals surface area (Å²) in [7, 11) is 0. The van der Waals surface area contributed by atoms with Gasteiger partial charge in [0.15, 0.2) is 6.10 Å². The maximum absolute atomic E-state index is 12.5. The molecule has 0 aromatic rings. The van der Waals surface area contributed by atoms with E-state index in [-0.39, 0.29) is 25.9 Å². The number of carbonyl (C=O) groups is 1. The van der Waals surface area contributed by atoms with Crippen molar-refractivity contribution >= 4 is 6.09 Å². The summed E-state index contributed by atoms with van der Waals surface area (Å²) in [6.45, 7) is 5.73. The highest BCUT2D eigenvalue weighted by atomic mass is 19.4.